The van der Waals surface area contributed by atoms with E-state index in [0.29, 0.717) is 19.4 Å². The van der Waals surface area contributed by atoms with Crippen LogP contribution in [0.1, 0.15) is 23.2 Å². The molecule has 1 aromatic carbocycles. The number of carboxylic acids is 1. The Kier molecular flexibility index (Phi) is 4.13. The van der Waals surface area contributed by atoms with Crippen molar-refractivity contribution in [3.8, 4) is 0 Å². The van der Waals surface area contributed by atoms with Gasteiger partial charge >= 0.3 is 5.97 Å². The SMILES string of the molecule is O=C(O)c1ccc(Cl)c(S(=O)(=O)C2CCCOC2)c1. The molecule has 7 heteroatoms. The molecule has 1 atom stereocenters. The van der Waals surface area contributed by atoms with Crippen molar-refractivity contribution in [1.29, 1.82) is 0 Å². The van der Waals surface area contributed by atoms with Gasteiger partial charge in [0.2, 0.25) is 0 Å². The number of carbonyl (C=O) groups is 1. The first-order chi connectivity index (χ1) is 8.93. The Morgan fingerprint density at radius 1 is 1.42 bits per heavy atom. The van der Waals surface area contributed by atoms with Crippen LogP contribution in [0.3, 0.4) is 0 Å². The second-order valence-corrected chi connectivity index (χ2v) is 6.94. The van der Waals surface area contributed by atoms with Gasteiger partial charge in [-0.15, -0.1) is 0 Å². The van der Waals surface area contributed by atoms with E-state index in [9.17, 15) is 13.2 Å². The van der Waals surface area contributed by atoms with Crippen LogP contribution in [0, 0.1) is 0 Å². The molecule has 1 fully saturated rings. The van der Waals surface area contributed by atoms with Crippen LogP contribution in [0.5, 0.6) is 0 Å². The number of aromatic carboxylic acids is 1. The van der Waals surface area contributed by atoms with Crippen LogP contribution in [0.4, 0.5) is 0 Å². The van der Waals surface area contributed by atoms with Gasteiger partial charge in [0.15, 0.2) is 9.84 Å². The van der Waals surface area contributed by atoms with Crippen LogP contribution < -0.4 is 0 Å². The third-order valence-electron chi connectivity index (χ3n) is 3.04. The molecule has 1 N–H and O–H groups in total. The van der Waals surface area contributed by atoms with Gasteiger partial charge in [-0.1, -0.05) is 11.6 Å². The molecule has 0 aliphatic carbocycles. The fraction of sp³-hybridized carbons (Fsp3) is 0.417. The Hall–Kier alpha value is -1.11. The van der Waals surface area contributed by atoms with Crippen LogP contribution in [0.2, 0.25) is 5.02 Å². The van der Waals surface area contributed by atoms with Gasteiger partial charge in [-0.05, 0) is 31.0 Å². The van der Waals surface area contributed by atoms with Crippen molar-refractivity contribution in [1.82, 2.24) is 0 Å². The maximum atomic E-state index is 12.4. The monoisotopic (exact) mass is 304 g/mol. The van der Waals surface area contributed by atoms with E-state index in [0.717, 1.165) is 6.07 Å². The van der Waals surface area contributed by atoms with Crippen molar-refractivity contribution in [3.63, 3.8) is 0 Å². The minimum Gasteiger partial charge on any atom is -0.478 e. The Morgan fingerprint density at radius 2 is 2.16 bits per heavy atom. The van der Waals surface area contributed by atoms with E-state index < -0.39 is 21.1 Å². The van der Waals surface area contributed by atoms with E-state index in [-0.39, 0.29) is 22.1 Å². The number of ether oxygens (including phenoxy) is 1. The highest BCUT2D eigenvalue weighted by molar-refractivity contribution is 7.92. The van der Waals surface area contributed by atoms with E-state index in [2.05, 4.69) is 0 Å². The molecule has 0 amide bonds. The first kappa shape index (κ1) is 14.3. The van der Waals surface area contributed by atoms with Crippen molar-refractivity contribution in [2.75, 3.05) is 13.2 Å². The molecule has 1 saturated heterocycles. The van der Waals surface area contributed by atoms with Crippen LogP contribution in [0.15, 0.2) is 23.1 Å². The van der Waals surface area contributed by atoms with Gasteiger partial charge < -0.3 is 9.84 Å². The number of rotatable bonds is 3. The first-order valence-corrected chi connectivity index (χ1v) is 7.70. The zero-order valence-corrected chi connectivity index (χ0v) is 11.6. The summed E-state index contributed by atoms with van der Waals surface area (Å²) >= 11 is 5.89. The average molecular weight is 305 g/mol. The van der Waals surface area contributed by atoms with E-state index in [4.69, 9.17) is 21.4 Å². The molecule has 1 aliphatic heterocycles. The molecule has 0 spiro atoms. The molecule has 0 saturated carbocycles. The highest BCUT2D eigenvalue weighted by atomic mass is 35.5. The van der Waals surface area contributed by atoms with Gasteiger partial charge in [0, 0.05) is 6.61 Å². The predicted molar refractivity (Wildman–Crippen MR) is 69.4 cm³/mol. The van der Waals surface area contributed by atoms with Crippen molar-refractivity contribution in [3.05, 3.63) is 28.8 Å². The smallest absolute Gasteiger partial charge is 0.335 e. The Bertz CT molecular complexity index is 590. The number of carboxylic acid groups (broad SMARTS) is 1. The molecule has 19 heavy (non-hydrogen) atoms. The van der Waals surface area contributed by atoms with Gasteiger partial charge in [-0.25, -0.2) is 13.2 Å². The van der Waals surface area contributed by atoms with E-state index in [1.807, 2.05) is 0 Å². The van der Waals surface area contributed by atoms with Crippen LogP contribution in [-0.4, -0.2) is 38.0 Å². The summed E-state index contributed by atoms with van der Waals surface area (Å²) in [5, 5.41) is 8.29. The Morgan fingerprint density at radius 3 is 2.74 bits per heavy atom. The summed E-state index contributed by atoms with van der Waals surface area (Å²) in [6.45, 7) is 0.672. The molecular weight excluding hydrogens is 292 g/mol. The molecule has 1 aromatic rings. The maximum absolute atomic E-state index is 12.4. The Labute approximate surface area is 116 Å². The third-order valence-corrected chi connectivity index (χ3v) is 5.68. The molecule has 2 rings (SSSR count). The van der Waals surface area contributed by atoms with Gasteiger partial charge in [-0.2, -0.15) is 0 Å². The second-order valence-electron chi connectivity index (χ2n) is 4.33. The van der Waals surface area contributed by atoms with Crippen molar-refractivity contribution in [2.45, 2.75) is 23.0 Å². The lowest BCUT2D eigenvalue weighted by Gasteiger charge is -2.22. The fourth-order valence-electron chi connectivity index (χ4n) is 1.99. The van der Waals surface area contributed by atoms with Crippen molar-refractivity contribution < 1.29 is 23.1 Å². The zero-order valence-electron chi connectivity index (χ0n) is 10.0. The summed E-state index contributed by atoms with van der Waals surface area (Å²) in [6.07, 6.45) is 1.16. The normalized spacial score (nSPS) is 20.2. The zero-order chi connectivity index (χ0) is 14.0. The summed E-state index contributed by atoms with van der Waals surface area (Å²) in [6, 6.07) is 3.68. The lowest BCUT2D eigenvalue weighted by molar-refractivity contribution is 0.0696. The maximum Gasteiger partial charge on any atom is 0.335 e. The number of hydrogen-bond acceptors (Lipinski definition) is 4. The van der Waals surface area contributed by atoms with E-state index in [1.54, 1.807) is 0 Å². The third kappa shape index (κ3) is 2.91. The van der Waals surface area contributed by atoms with E-state index >= 15 is 0 Å². The Balaban J connectivity index is 2.44. The molecule has 0 radical (unpaired) electrons. The van der Waals surface area contributed by atoms with Gasteiger partial charge in [-0.3, -0.25) is 0 Å². The number of benzene rings is 1. The molecule has 1 unspecified atom stereocenters. The molecule has 5 nitrogen and oxygen atoms in total. The number of sulfone groups is 1. The highest BCUT2D eigenvalue weighted by Gasteiger charge is 2.31. The van der Waals surface area contributed by atoms with Gasteiger partial charge in [0.1, 0.15) is 0 Å². The lowest BCUT2D eigenvalue weighted by atomic mass is 10.2. The first-order valence-electron chi connectivity index (χ1n) is 5.77. The van der Waals surface area contributed by atoms with Crippen molar-refractivity contribution >= 4 is 27.4 Å². The lowest BCUT2D eigenvalue weighted by Crippen LogP contribution is -2.31. The molecule has 0 aromatic heterocycles. The minimum absolute atomic E-state index is 0.0376. The molecule has 1 heterocycles. The molecule has 0 bridgehead atoms. The topological polar surface area (TPSA) is 80.7 Å². The molecular formula is C12H13ClO5S. The van der Waals surface area contributed by atoms with Gasteiger partial charge in [0.05, 0.1) is 27.3 Å². The number of halogens is 1. The van der Waals surface area contributed by atoms with E-state index in [1.165, 1.54) is 12.1 Å². The summed E-state index contributed by atoms with van der Waals surface area (Å²) in [5.41, 5.74) is -0.0975. The van der Waals surface area contributed by atoms with Crippen LogP contribution >= 0.6 is 11.6 Å². The van der Waals surface area contributed by atoms with Crippen LogP contribution in [0.25, 0.3) is 0 Å². The fourth-order valence-corrected chi connectivity index (χ4v) is 4.17. The largest absolute Gasteiger partial charge is 0.478 e. The summed E-state index contributed by atoms with van der Waals surface area (Å²) < 4.78 is 30.0. The molecule has 104 valence electrons. The minimum atomic E-state index is -3.67. The standard InChI is InChI=1S/C12H13ClO5S/c13-10-4-3-8(12(14)15)6-11(10)19(16,17)9-2-1-5-18-7-9/h3-4,6,9H,1-2,5,7H2,(H,14,15). The van der Waals surface area contributed by atoms with Crippen molar-refractivity contribution in [2.24, 2.45) is 0 Å². The quantitative estimate of drug-likeness (QED) is 0.923. The summed E-state index contributed by atoms with van der Waals surface area (Å²) in [5.74, 6) is -1.19. The summed E-state index contributed by atoms with van der Waals surface area (Å²) in [4.78, 5) is 10.8. The average Bonchev–Trinajstić information content (AvgIpc) is 2.39. The second kappa shape index (κ2) is 5.48. The molecule has 1 aliphatic rings. The summed E-state index contributed by atoms with van der Waals surface area (Å²) in [7, 11) is -3.67. The predicted octanol–water partition coefficient (Wildman–Crippen LogP) is 1.99. The number of hydrogen-bond donors (Lipinski definition) is 1. The highest BCUT2D eigenvalue weighted by Crippen LogP contribution is 2.29. The van der Waals surface area contributed by atoms with Crippen LogP contribution in [-0.2, 0) is 14.6 Å². The van der Waals surface area contributed by atoms with Gasteiger partial charge in [0.25, 0.3) is 0 Å².